The molecule has 0 radical (unpaired) electrons. The number of anilines is 1. The number of hydrogen-bond acceptors (Lipinski definition) is 6. The van der Waals surface area contributed by atoms with Crippen molar-refractivity contribution < 1.29 is 0 Å². The normalized spacial score (nSPS) is 11.3. The molecule has 8 heteroatoms. The Labute approximate surface area is 128 Å². The molecule has 0 saturated heterocycles. The van der Waals surface area contributed by atoms with Crippen molar-refractivity contribution in [2.45, 2.75) is 26.7 Å². The highest BCUT2D eigenvalue weighted by atomic mass is 15.4. The summed E-state index contributed by atoms with van der Waals surface area (Å²) in [4.78, 5) is 15.3. The molecular formula is C14H20N8. The van der Waals surface area contributed by atoms with Gasteiger partial charge in [-0.15, -0.1) is 10.2 Å². The molecule has 0 aliphatic heterocycles. The lowest BCUT2D eigenvalue weighted by atomic mass is 10.3. The first-order valence-electron chi connectivity index (χ1n) is 7.21. The maximum absolute atomic E-state index is 4.52. The average Bonchev–Trinajstić information content (AvgIpc) is 3.00. The van der Waals surface area contributed by atoms with Gasteiger partial charge in [-0.3, -0.25) is 4.68 Å². The van der Waals surface area contributed by atoms with E-state index in [1.165, 1.54) is 0 Å². The molecule has 116 valence electrons. The second-order valence-corrected chi connectivity index (χ2v) is 5.62. The van der Waals surface area contributed by atoms with E-state index < -0.39 is 0 Å². The second kappa shape index (κ2) is 5.36. The SMILES string of the molecule is Cc1cc(C)n2nc(CCc3nc(N(C)C)nn3C)nc2n1. The van der Waals surface area contributed by atoms with Crippen LogP contribution >= 0.6 is 0 Å². The quantitative estimate of drug-likeness (QED) is 0.706. The van der Waals surface area contributed by atoms with Gasteiger partial charge in [0, 0.05) is 45.4 Å². The van der Waals surface area contributed by atoms with E-state index in [2.05, 4.69) is 25.1 Å². The van der Waals surface area contributed by atoms with E-state index in [0.717, 1.165) is 29.5 Å². The number of nitrogens with zero attached hydrogens (tertiary/aromatic N) is 8. The first-order chi connectivity index (χ1) is 10.4. The van der Waals surface area contributed by atoms with Gasteiger partial charge in [0.1, 0.15) is 5.82 Å². The Balaban J connectivity index is 1.81. The molecule has 0 spiro atoms. The summed E-state index contributed by atoms with van der Waals surface area (Å²) in [6.45, 7) is 3.97. The van der Waals surface area contributed by atoms with Crippen LogP contribution in [0.1, 0.15) is 23.0 Å². The van der Waals surface area contributed by atoms with Crippen LogP contribution in [-0.4, -0.2) is 48.4 Å². The second-order valence-electron chi connectivity index (χ2n) is 5.62. The number of aryl methyl sites for hydroxylation is 5. The van der Waals surface area contributed by atoms with Crippen LogP contribution in [0.15, 0.2) is 6.07 Å². The summed E-state index contributed by atoms with van der Waals surface area (Å²) in [7, 11) is 5.76. The Morgan fingerprint density at radius 2 is 1.82 bits per heavy atom. The summed E-state index contributed by atoms with van der Waals surface area (Å²) in [5, 5.41) is 8.88. The molecule has 0 aliphatic rings. The average molecular weight is 300 g/mol. The summed E-state index contributed by atoms with van der Waals surface area (Å²) < 4.78 is 3.59. The predicted octanol–water partition coefficient (Wildman–Crippen LogP) is 0.721. The molecule has 3 aromatic heterocycles. The Morgan fingerprint density at radius 3 is 2.50 bits per heavy atom. The van der Waals surface area contributed by atoms with Crippen molar-refractivity contribution in [3.63, 3.8) is 0 Å². The molecule has 0 amide bonds. The minimum atomic E-state index is 0.652. The number of hydrogen-bond donors (Lipinski definition) is 0. The third-order valence-electron chi connectivity index (χ3n) is 3.48. The Hall–Kier alpha value is -2.51. The largest absolute Gasteiger partial charge is 0.346 e. The van der Waals surface area contributed by atoms with Gasteiger partial charge in [0.05, 0.1) is 0 Å². The molecule has 0 N–H and O–H groups in total. The molecule has 0 aromatic carbocycles. The van der Waals surface area contributed by atoms with Crippen LogP contribution in [0.4, 0.5) is 5.95 Å². The topological polar surface area (TPSA) is 77.0 Å². The lowest BCUT2D eigenvalue weighted by Crippen LogP contribution is -2.10. The molecule has 3 heterocycles. The van der Waals surface area contributed by atoms with Gasteiger partial charge in [-0.2, -0.15) is 9.97 Å². The van der Waals surface area contributed by atoms with Crippen LogP contribution < -0.4 is 4.90 Å². The molecular weight excluding hydrogens is 280 g/mol. The number of rotatable bonds is 4. The molecule has 0 saturated carbocycles. The standard InChI is InChI=1S/C14H20N8/c1-9-8-10(2)22-13(15-9)16-11(18-22)6-7-12-17-14(20(3)4)19-21(12)5/h8H,6-7H2,1-5H3. The van der Waals surface area contributed by atoms with Crippen LogP contribution in [0.2, 0.25) is 0 Å². The van der Waals surface area contributed by atoms with Crippen molar-refractivity contribution in [2.75, 3.05) is 19.0 Å². The third kappa shape index (κ3) is 2.63. The summed E-state index contributed by atoms with van der Waals surface area (Å²) in [5.74, 6) is 3.06. The van der Waals surface area contributed by atoms with Crippen molar-refractivity contribution in [3.05, 3.63) is 29.1 Å². The zero-order valence-corrected chi connectivity index (χ0v) is 13.6. The highest BCUT2D eigenvalue weighted by molar-refractivity contribution is 5.31. The van der Waals surface area contributed by atoms with Crippen molar-refractivity contribution in [3.8, 4) is 0 Å². The Morgan fingerprint density at radius 1 is 1.05 bits per heavy atom. The van der Waals surface area contributed by atoms with Crippen molar-refractivity contribution in [2.24, 2.45) is 7.05 Å². The van der Waals surface area contributed by atoms with E-state index in [1.54, 1.807) is 9.20 Å². The fourth-order valence-corrected chi connectivity index (χ4v) is 2.35. The van der Waals surface area contributed by atoms with Crippen LogP contribution in [-0.2, 0) is 19.9 Å². The van der Waals surface area contributed by atoms with E-state index >= 15 is 0 Å². The minimum Gasteiger partial charge on any atom is -0.346 e. The smallest absolute Gasteiger partial charge is 0.252 e. The first-order valence-corrected chi connectivity index (χ1v) is 7.21. The van der Waals surface area contributed by atoms with Gasteiger partial charge in [-0.05, 0) is 19.9 Å². The Kier molecular flexibility index (Phi) is 3.51. The molecule has 3 aromatic rings. The zero-order chi connectivity index (χ0) is 15.9. The van der Waals surface area contributed by atoms with E-state index in [1.807, 2.05) is 46.0 Å². The number of fused-ring (bicyclic) bond motifs is 1. The molecule has 0 atom stereocenters. The summed E-state index contributed by atoms with van der Waals surface area (Å²) >= 11 is 0. The lowest BCUT2D eigenvalue weighted by Gasteiger charge is -2.03. The van der Waals surface area contributed by atoms with Crippen LogP contribution in [0.25, 0.3) is 5.78 Å². The van der Waals surface area contributed by atoms with Gasteiger partial charge in [0.15, 0.2) is 5.82 Å². The number of aromatic nitrogens is 7. The molecule has 22 heavy (non-hydrogen) atoms. The first kappa shape index (κ1) is 14.4. The van der Waals surface area contributed by atoms with Gasteiger partial charge < -0.3 is 4.90 Å². The monoisotopic (exact) mass is 300 g/mol. The predicted molar refractivity (Wildman–Crippen MR) is 83.0 cm³/mol. The third-order valence-corrected chi connectivity index (χ3v) is 3.48. The van der Waals surface area contributed by atoms with Gasteiger partial charge >= 0.3 is 0 Å². The van der Waals surface area contributed by atoms with Gasteiger partial charge in [-0.25, -0.2) is 9.50 Å². The Bertz CT molecular complexity index is 814. The molecule has 8 nitrogen and oxygen atoms in total. The van der Waals surface area contributed by atoms with E-state index in [0.29, 0.717) is 18.1 Å². The maximum atomic E-state index is 4.52. The highest BCUT2D eigenvalue weighted by Gasteiger charge is 2.12. The lowest BCUT2D eigenvalue weighted by molar-refractivity contribution is 0.682. The maximum Gasteiger partial charge on any atom is 0.252 e. The molecule has 0 fully saturated rings. The zero-order valence-electron chi connectivity index (χ0n) is 13.6. The van der Waals surface area contributed by atoms with Crippen molar-refractivity contribution in [1.82, 2.24) is 34.3 Å². The molecule has 0 aliphatic carbocycles. The van der Waals surface area contributed by atoms with Crippen molar-refractivity contribution in [1.29, 1.82) is 0 Å². The summed E-state index contributed by atoms with van der Waals surface area (Å²) in [5.41, 5.74) is 1.99. The van der Waals surface area contributed by atoms with Crippen LogP contribution in [0.3, 0.4) is 0 Å². The van der Waals surface area contributed by atoms with Crippen LogP contribution in [0.5, 0.6) is 0 Å². The summed E-state index contributed by atoms with van der Waals surface area (Å²) in [6, 6.07) is 2.00. The summed E-state index contributed by atoms with van der Waals surface area (Å²) in [6.07, 6.45) is 1.45. The van der Waals surface area contributed by atoms with Crippen LogP contribution in [0, 0.1) is 13.8 Å². The van der Waals surface area contributed by atoms with E-state index in [4.69, 9.17) is 0 Å². The molecule has 0 unspecified atom stereocenters. The van der Waals surface area contributed by atoms with E-state index in [-0.39, 0.29) is 0 Å². The van der Waals surface area contributed by atoms with E-state index in [9.17, 15) is 0 Å². The highest BCUT2D eigenvalue weighted by Crippen LogP contribution is 2.09. The molecule has 0 bridgehead atoms. The fraction of sp³-hybridized carbons (Fsp3) is 0.500. The molecule has 3 rings (SSSR count). The van der Waals surface area contributed by atoms with Gasteiger partial charge in [0.2, 0.25) is 5.95 Å². The van der Waals surface area contributed by atoms with Gasteiger partial charge in [-0.1, -0.05) is 0 Å². The minimum absolute atomic E-state index is 0.652. The fourth-order valence-electron chi connectivity index (χ4n) is 2.35. The van der Waals surface area contributed by atoms with Gasteiger partial charge in [0.25, 0.3) is 5.78 Å². The van der Waals surface area contributed by atoms with Crippen molar-refractivity contribution >= 4 is 11.7 Å².